The first-order chi connectivity index (χ1) is 6.72. The Morgan fingerprint density at radius 1 is 1.29 bits per heavy atom. The van der Waals surface area contributed by atoms with Crippen molar-refractivity contribution < 1.29 is 5.11 Å². The van der Waals surface area contributed by atoms with E-state index in [4.69, 9.17) is 5.73 Å². The van der Waals surface area contributed by atoms with Gasteiger partial charge in [0, 0.05) is 12.1 Å². The van der Waals surface area contributed by atoms with Crippen molar-refractivity contribution in [1.29, 1.82) is 0 Å². The van der Waals surface area contributed by atoms with Gasteiger partial charge in [0.25, 0.3) is 0 Å². The minimum Gasteiger partial charge on any atom is -0.508 e. The Morgan fingerprint density at radius 2 is 1.93 bits per heavy atom. The van der Waals surface area contributed by atoms with Crippen LogP contribution >= 0.6 is 0 Å². The summed E-state index contributed by atoms with van der Waals surface area (Å²) in [6.07, 6.45) is 2.26. The van der Waals surface area contributed by atoms with Gasteiger partial charge in [-0.15, -0.1) is 0 Å². The molecule has 0 radical (unpaired) electrons. The summed E-state index contributed by atoms with van der Waals surface area (Å²) < 4.78 is 0. The molecule has 0 aliphatic heterocycles. The van der Waals surface area contributed by atoms with Crippen molar-refractivity contribution >= 4 is 0 Å². The third-order valence-electron chi connectivity index (χ3n) is 2.78. The van der Waals surface area contributed by atoms with Gasteiger partial charge in [0.2, 0.25) is 0 Å². The van der Waals surface area contributed by atoms with Crippen LogP contribution in [-0.4, -0.2) is 5.11 Å². The molecule has 0 atom stereocenters. The predicted octanol–water partition coefficient (Wildman–Crippen LogP) is 2.75. The van der Waals surface area contributed by atoms with Crippen LogP contribution in [0.1, 0.15) is 43.7 Å². The summed E-state index contributed by atoms with van der Waals surface area (Å²) in [5.41, 5.74) is 7.67. The van der Waals surface area contributed by atoms with Crippen molar-refractivity contribution in [3.05, 3.63) is 29.3 Å². The molecule has 2 heteroatoms. The average Bonchev–Trinajstić information content (AvgIpc) is 2.22. The van der Waals surface area contributed by atoms with E-state index in [1.807, 2.05) is 12.1 Å². The quantitative estimate of drug-likeness (QED) is 0.772. The molecular weight excluding hydrogens is 174 g/mol. The summed E-state index contributed by atoms with van der Waals surface area (Å²) >= 11 is 0. The molecule has 0 spiro atoms. The van der Waals surface area contributed by atoms with E-state index in [9.17, 15) is 5.11 Å². The van der Waals surface area contributed by atoms with Crippen LogP contribution in [0.2, 0.25) is 0 Å². The Morgan fingerprint density at radius 3 is 2.43 bits per heavy atom. The number of nitrogens with two attached hydrogens (primary N) is 1. The number of rotatable bonds is 4. The Balaban J connectivity index is 2.98. The zero-order valence-electron chi connectivity index (χ0n) is 8.96. The van der Waals surface area contributed by atoms with Gasteiger partial charge in [-0.1, -0.05) is 26.0 Å². The zero-order chi connectivity index (χ0) is 10.6. The number of phenolic OH excluding ortho intramolecular Hbond substituents is 1. The Bertz CT molecular complexity index is 292. The highest BCUT2D eigenvalue weighted by Crippen LogP contribution is 2.27. The average molecular weight is 193 g/mol. The van der Waals surface area contributed by atoms with Crippen LogP contribution in [0, 0.1) is 0 Å². The van der Waals surface area contributed by atoms with Crippen LogP contribution in [0.15, 0.2) is 18.2 Å². The summed E-state index contributed by atoms with van der Waals surface area (Å²) in [5, 5.41) is 9.48. The van der Waals surface area contributed by atoms with Crippen LogP contribution in [0.4, 0.5) is 0 Å². The fraction of sp³-hybridized carbons (Fsp3) is 0.500. The summed E-state index contributed by atoms with van der Waals surface area (Å²) in [4.78, 5) is 0. The van der Waals surface area contributed by atoms with E-state index in [0.717, 1.165) is 18.4 Å². The SMILES string of the molecule is CCC(CC)c1ccc(O)c(CN)c1. The van der Waals surface area contributed by atoms with Crippen molar-refractivity contribution in [3.63, 3.8) is 0 Å². The van der Waals surface area contributed by atoms with Gasteiger partial charge in [-0.05, 0) is 30.4 Å². The molecule has 1 rings (SSSR count). The van der Waals surface area contributed by atoms with Gasteiger partial charge in [0.05, 0.1) is 0 Å². The molecule has 0 saturated carbocycles. The first kappa shape index (κ1) is 11.1. The maximum absolute atomic E-state index is 9.48. The Labute approximate surface area is 85.8 Å². The lowest BCUT2D eigenvalue weighted by molar-refractivity contribution is 0.467. The minimum atomic E-state index is 0.308. The van der Waals surface area contributed by atoms with Crippen LogP contribution in [0.25, 0.3) is 0 Å². The Kier molecular flexibility index (Phi) is 3.96. The lowest BCUT2D eigenvalue weighted by Crippen LogP contribution is -2.00. The standard InChI is InChI=1S/C12H19NO/c1-3-9(4-2)10-5-6-12(14)11(7-10)8-13/h5-7,9,14H,3-4,8,13H2,1-2H3. The van der Waals surface area contributed by atoms with Crippen LogP contribution < -0.4 is 5.73 Å². The van der Waals surface area contributed by atoms with Gasteiger partial charge in [-0.25, -0.2) is 0 Å². The number of aromatic hydroxyl groups is 1. The molecule has 0 fully saturated rings. The smallest absolute Gasteiger partial charge is 0.120 e. The van der Waals surface area contributed by atoms with Crippen molar-refractivity contribution in [3.8, 4) is 5.75 Å². The highest BCUT2D eigenvalue weighted by molar-refractivity contribution is 5.37. The van der Waals surface area contributed by atoms with E-state index >= 15 is 0 Å². The van der Waals surface area contributed by atoms with Gasteiger partial charge in [-0.3, -0.25) is 0 Å². The molecule has 78 valence electrons. The number of benzene rings is 1. The molecule has 1 aromatic rings. The molecule has 0 aromatic heterocycles. The summed E-state index contributed by atoms with van der Waals surface area (Å²) in [7, 11) is 0. The second kappa shape index (κ2) is 5.01. The summed E-state index contributed by atoms with van der Waals surface area (Å²) in [6, 6.07) is 5.76. The molecule has 0 heterocycles. The molecule has 14 heavy (non-hydrogen) atoms. The monoisotopic (exact) mass is 193 g/mol. The zero-order valence-corrected chi connectivity index (χ0v) is 8.96. The summed E-state index contributed by atoms with van der Waals surface area (Å²) in [5.74, 6) is 0.892. The largest absolute Gasteiger partial charge is 0.508 e. The van der Waals surface area contributed by atoms with E-state index in [-0.39, 0.29) is 0 Å². The molecule has 1 aromatic carbocycles. The molecule has 0 unspecified atom stereocenters. The lowest BCUT2D eigenvalue weighted by atomic mass is 9.92. The van der Waals surface area contributed by atoms with E-state index < -0.39 is 0 Å². The molecule has 0 amide bonds. The third-order valence-corrected chi connectivity index (χ3v) is 2.78. The highest BCUT2D eigenvalue weighted by Gasteiger charge is 2.08. The molecule has 0 saturated heterocycles. The normalized spacial score (nSPS) is 10.9. The highest BCUT2D eigenvalue weighted by atomic mass is 16.3. The fourth-order valence-electron chi connectivity index (χ4n) is 1.78. The van der Waals surface area contributed by atoms with E-state index in [2.05, 4.69) is 13.8 Å². The van der Waals surface area contributed by atoms with Crippen molar-refractivity contribution in [1.82, 2.24) is 0 Å². The first-order valence-electron chi connectivity index (χ1n) is 5.24. The molecule has 0 aliphatic rings. The first-order valence-corrected chi connectivity index (χ1v) is 5.24. The van der Waals surface area contributed by atoms with Crippen molar-refractivity contribution in [2.75, 3.05) is 0 Å². The fourth-order valence-corrected chi connectivity index (χ4v) is 1.78. The van der Waals surface area contributed by atoms with Crippen molar-refractivity contribution in [2.24, 2.45) is 5.73 Å². The maximum Gasteiger partial charge on any atom is 0.120 e. The molecule has 0 bridgehead atoms. The van der Waals surface area contributed by atoms with Gasteiger partial charge in [0.1, 0.15) is 5.75 Å². The van der Waals surface area contributed by atoms with Crippen LogP contribution in [0.5, 0.6) is 5.75 Å². The second-order valence-corrected chi connectivity index (χ2v) is 3.61. The van der Waals surface area contributed by atoms with Gasteiger partial charge in [0.15, 0.2) is 0 Å². The van der Waals surface area contributed by atoms with Gasteiger partial charge < -0.3 is 10.8 Å². The van der Waals surface area contributed by atoms with Crippen LogP contribution in [-0.2, 0) is 6.54 Å². The van der Waals surface area contributed by atoms with Gasteiger partial charge >= 0.3 is 0 Å². The lowest BCUT2D eigenvalue weighted by Gasteiger charge is -2.14. The number of phenols is 1. The van der Waals surface area contributed by atoms with E-state index in [1.165, 1.54) is 5.56 Å². The number of hydrogen-bond acceptors (Lipinski definition) is 2. The Hall–Kier alpha value is -1.02. The summed E-state index contributed by atoms with van der Waals surface area (Å²) in [6.45, 7) is 4.77. The molecule has 0 aliphatic carbocycles. The number of hydrogen-bond donors (Lipinski definition) is 2. The van der Waals surface area contributed by atoms with E-state index in [1.54, 1.807) is 6.07 Å². The van der Waals surface area contributed by atoms with Gasteiger partial charge in [-0.2, -0.15) is 0 Å². The topological polar surface area (TPSA) is 46.2 Å². The second-order valence-electron chi connectivity index (χ2n) is 3.61. The third kappa shape index (κ3) is 2.26. The van der Waals surface area contributed by atoms with Crippen molar-refractivity contribution in [2.45, 2.75) is 39.2 Å². The molecule has 2 nitrogen and oxygen atoms in total. The predicted molar refractivity (Wildman–Crippen MR) is 59.3 cm³/mol. The molecular formula is C12H19NO. The van der Waals surface area contributed by atoms with Crippen LogP contribution in [0.3, 0.4) is 0 Å². The molecule has 3 N–H and O–H groups in total. The maximum atomic E-state index is 9.48. The van der Waals surface area contributed by atoms with E-state index in [0.29, 0.717) is 18.2 Å². The minimum absolute atomic E-state index is 0.308.